The Bertz CT molecular complexity index is 1250. The third-order valence-electron chi connectivity index (χ3n) is 4.69. The van der Waals surface area contributed by atoms with E-state index in [1.807, 2.05) is 19.1 Å². The molecular weight excluding hydrogens is 414 g/mol. The first kappa shape index (κ1) is 22.0. The van der Waals surface area contributed by atoms with Crippen LogP contribution >= 0.6 is 0 Å². The van der Waals surface area contributed by atoms with Crippen molar-refractivity contribution in [3.63, 3.8) is 0 Å². The van der Waals surface area contributed by atoms with Gasteiger partial charge in [0.25, 0.3) is 21.8 Å². The molecule has 0 saturated carbocycles. The fraction of sp³-hybridized carbons (Fsp3) is 0.130. The zero-order valence-electron chi connectivity index (χ0n) is 17.4. The van der Waals surface area contributed by atoms with E-state index in [2.05, 4.69) is 15.6 Å². The van der Waals surface area contributed by atoms with Crippen LogP contribution in [-0.4, -0.2) is 20.2 Å². The molecule has 0 saturated heterocycles. The molecule has 0 aliphatic heterocycles. The molecule has 3 rings (SSSR count). The molecule has 3 aromatic carbocycles. The summed E-state index contributed by atoms with van der Waals surface area (Å²) in [6.45, 7) is 5.33. The van der Waals surface area contributed by atoms with Gasteiger partial charge in [-0.05, 0) is 67.8 Å². The third-order valence-corrected chi connectivity index (χ3v) is 6.21. The van der Waals surface area contributed by atoms with Crippen LogP contribution in [0, 0.1) is 20.8 Å². The van der Waals surface area contributed by atoms with Gasteiger partial charge < -0.3 is 0 Å². The molecule has 3 N–H and O–H groups in total. The number of hydrogen-bond donors (Lipinski definition) is 3. The molecule has 31 heavy (non-hydrogen) atoms. The highest BCUT2D eigenvalue weighted by Crippen LogP contribution is 2.21. The van der Waals surface area contributed by atoms with Crippen molar-refractivity contribution in [2.75, 3.05) is 4.72 Å². The number of sulfonamides is 1. The predicted octanol–water partition coefficient (Wildman–Crippen LogP) is 3.49. The standard InChI is InChI=1S/C23H23N3O4S/c1-15-11-12-17(3)21(13-15)31(29,30)26-19-9-6-8-18(14-19)22(27)24-25-23(28)20-10-5-4-7-16(20)2/h4-14,26H,1-3H3,(H,24,27)(H,25,28). The van der Waals surface area contributed by atoms with Crippen LogP contribution < -0.4 is 15.6 Å². The molecule has 0 atom stereocenters. The number of nitrogens with one attached hydrogen (secondary N) is 3. The van der Waals surface area contributed by atoms with Gasteiger partial charge in [0, 0.05) is 16.8 Å². The molecule has 0 bridgehead atoms. The lowest BCUT2D eigenvalue weighted by Crippen LogP contribution is -2.41. The van der Waals surface area contributed by atoms with Crippen LogP contribution in [0.5, 0.6) is 0 Å². The zero-order chi connectivity index (χ0) is 22.6. The predicted molar refractivity (Wildman–Crippen MR) is 119 cm³/mol. The van der Waals surface area contributed by atoms with Crippen LogP contribution in [-0.2, 0) is 10.0 Å². The molecule has 0 fully saturated rings. The molecule has 7 nitrogen and oxygen atoms in total. The number of rotatable bonds is 5. The fourth-order valence-corrected chi connectivity index (χ4v) is 4.39. The van der Waals surface area contributed by atoms with Crippen LogP contribution in [0.1, 0.15) is 37.4 Å². The molecule has 0 aromatic heterocycles. The summed E-state index contributed by atoms with van der Waals surface area (Å²) >= 11 is 0. The average molecular weight is 438 g/mol. The Labute approximate surface area is 181 Å². The number of carbonyl (C=O) groups is 2. The van der Waals surface area contributed by atoms with E-state index in [9.17, 15) is 18.0 Å². The summed E-state index contributed by atoms with van der Waals surface area (Å²) in [5.41, 5.74) is 7.79. The van der Waals surface area contributed by atoms with Gasteiger partial charge in [0.2, 0.25) is 0 Å². The van der Waals surface area contributed by atoms with Gasteiger partial charge in [0.1, 0.15) is 0 Å². The van der Waals surface area contributed by atoms with E-state index < -0.39 is 21.8 Å². The molecule has 160 valence electrons. The van der Waals surface area contributed by atoms with Crippen LogP contribution in [0.25, 0.3) is 0 Å². The number of amides is 2. The summed E-state index contributed by atoms with van der Waals surface area (Å²) in [6, 6.07) is 18.2. The summed E-state index contributed by atoms with van der Waals surface area (Å²) in [7, 11) is -3.83. The van der Waals surface area contributed by atoms with E-state index in [1.54, 1.807) is 56.3 Å². The normalized spacial score (nSPS) is 10.9. The van der Waals surface area contributed by atoms with Crippen molar-refractivity contribution >= 4 is 27.5 Å². The number of carbonyl (C=O) groups excluding carboxylic acids is 2. The highest BCUT2D eigenvalue weighted by molar-refractivity contribution is 7.92. The molecule has 0 spiro atoms. The Morgan fingerprint density at radius 2 is 1.45 bits per heavy atom. The summed E-state index contributed by atoms with van der Waals surface area (Å²) < 4.78 is 28.1. The summed E-state index contributed by atoms with van der Waals surface area (Å²) in [6.07, 6.45) is 0. The molecule has 0 radical (unpaired) electrons. The van der Waals surface area contributed by atoms with E-state index >= 15 is 0 Å². The number of anilines is 1. The Balaban J connectivity index is 1.72. The summed E-state index contributed by atoms with van der Waals surface area (Å²) in [5.74, 6) is -1.02. The van der Waals surface area contributed by atoms with E-state index in [4.69, 9.17) is 0 Å². The van der Waals surface area contributed by atoms with Crippen molar-refractivity contribution in [3.8, 4) is 0 Å². The highest BCUT2D eigenvalue weighted by Gasteiger charge is 2.18. The molecule has 2 amide bonds. The minimum Gasteiger partial charge on any atom is -0.280 e. The molecule has 0 unspecified atom stereocenters. The van der Waals surface area contributed by atoms with Crippen molar-refractivity contribution in [3.05, 3.63) is 94.5 Å². The van der Waals surface area contributed by atoms with E-state index in [0.29, 0.717) is 11.1 Å². The molecular formula is C23H23N3O4S. The maximum atomic E-state index is 12.8. The van der Waals surface area contributed by atoms with Crippen LogP contribution in [0.3, 0.4) is 0 Å². The van der Waals surface area contributed by atoms with Gasteiger partial charge in [-0.3, -0.25) is 25.2 Å². The van der Waals surface area contributed by atoms with Gasteiger partial charge >= 0.3 is 0 Å². The monoisotopic (exact) mass is 437 g/mol. The lowest BCUT2D eigenvalue weighted by atomic mass is 10.1. The first-order chi connectivity index (χ1) is 14.7. The Morgan fingerprint density at radius 3 is 2.19 bits per heavy atom. The van der Waals surface area contributed by atoms with E-state index in [0.717, 1.165) is 11.1 Å². The molecule has 0 aliphatic rings. The van der Waals surface area contributed by atoms with Crippen molar-refractivity contribution in [2.45, 2.75) is 25.7 Å². The SMILES string of the molecule is Cc1ccc(C)c(S(=O)(=O)Nc2cccc(C(=O)NNC(=O)c3ccccc3C)c2)c1. The number of hydrogen-bond acceptors (Lipinski definition) is 4. The number of benzene rings is 3. The zero-order valence-corrected chi connectivity index (χ0v) is 18.2. The maximum Gasteiger partial charge on any atom is 0.269 e. The molecule has 8 heteroatoms. The van der Waals surface area contributed by atoms with Crippen molar-refractivity contribution in [2.24, 2.45) is 0 Å². The fourth-order valence-electron chi connectivity index (χ4n) is 3.01. The maximum absolute atomic E-state index is 12.8. The largest absolute Gasteiger partial charge is 0.280 e. The highest BCUT2D eigenvalue weighted by atomic mass is 32.2. The van der Waals surface area contributed by atoms with E-state index in [-0.39, 0.29) is 16.1 Å². The average Bonchev–Trinajstić information content (AvgIpc) is 2.73. The molecule has 0 heterocycles. The number of aryl methyl sites for hydroxylation is 3. The van der Waals surface area contributed by atoms with Gasteiger partial charge in [-0.15, -0.1) is 0 Å². The molecule has 0 aliphatic carbocycles. The van der Waals surface area contributed by atoms with Crippen LogP contribution in [0.4, 0.5) is 5.69 Å². The Hall–Kier alpha value is -3.65. The summed E-state index contributed by atoms with van der Waals surface area (Å²) in [5, 5.41) is 0. The van der Waals surface area contributed by atoms with Gasteiger partial charge in [-0.2, -0.15) is 0 Å². The lowest BCUT2D eigenvalue weighted by Gasteiger charge is -2.12. The Kier molecular flexibility index (Phi) is 6.41. The first-order valence-corrected chi connectivity index (χ1v) is 11.0. The third kappa shape index (κ3) is 5.29. The van der Waals surface area contributed by atoms with Crippen LogP contribution in [0.15, 0.2) is 71.6 Å². The second-order valence-electron chi connectivity index (χ2n) is 7.18. The summed E-state index contributed by atoms with van der Waals surface area (Å²) in [4.78, 5) is 24.9. The van der Waals surface area contributed by atoms with Gasteiger partial charge in [0.05, 0.1) is 4.90 Å². The van der Waals surface area contributed by atoms with Crippen molar-refractivity contribution in [1.82, 2.24) is 10.9 Å². The van der Waals surface area contributed by atoms with Crippen molar-refractivity contribution in [1.29, 1.82) is 0 Å². The minimum atomic E-state index is -3.83. The lowest BCUT2D eigenvalue weighted by molar-refractivity contribution is 0.0846. The number of hydrazine groups is 1. The molecule has 3 aromatic rings. The second-order valence-corrected chi connectivity index (χ2v) is 8.83. The van der Waals surface area contributed by atoms with Crippen LogP contribution in [0.2, 0.25) is 0 Å². The smallest absolute Gasteiger partial charge is 0.269 e. The Morgan fingerprint density at radius 1 is 0.742 bits per heavy atom. The van der Waals surface area contributed by atoms with E-state index in [1.165, 1.54) is 12.1 Å². The quantitative estimate of drug-likeness (QED) is 0.532. The minimum absolute atomic E-state index is 0.174. The first-order valence-electron chi connectivity index (χ1n) is 9.54. The topological polar surface area (TPSA) is 104 Å². The van der Waals surface area contributed by atoms with Gasteiger partial charge in [-0.25, -0.2) is 8.42 Å². The van der Waals surface area contributed by atoms with Gasteiger partial charge in [-0.1, -0.05) is 36.4 Å². The second kappa shape index (κ2) is 9.01. The van der Waals surface area contributed by atoms with Crippen molar-refractivity contribution < 1.29 is 18.0 Å². The van der Waals surface area contributed by atoms with Gasteiger partial charge in [0.15, 0.2) is 0 Å².